The molecule has 0 bridgehead atoms. The lowest BCUT2D eigenvalue weighted by Gasteiger charge is -2.27. The number of halogens is 4. The van der Waals surface area contributed by atoms with Crippen molar-refractivity contribution in [2.75, 3.05) is 0 Å². The van der Waals surface area contributed by atoms with Gasteiger partial charge in [0.25, 0.3) is 0 Å². The Balaban J connectivity index is 3.08. The van der Waals surface area contributed by atoms with Crippen molar-refractivity contribution in [3.05, 3.63) is 34.3 Å². The van der Waals surface area contributed by atoms with Crippen LogP contribution < -0.4 is 5.32 Å². The van der Waals surface area contributed by atoms with Gasteiger partial charge < -0.3 is 5.11 Å². The van der Waals surface area contributed by atoms with Crippen LogP contribution in [-0.4, -0.2) is 23.3 Å². The van der Waals surface area contributed by atoms with Gasteiger partial charge in [-0.15, -0.1) is 0 Å². The summed E-state index contributed by atoms with van der Waals surface area (Å²) < 4.78 is 40.0. The van der Waals surface area contributed by atoms with Crippen LogP contribution in [0.15, 0.2) is 28.7 Å². The van der Waals surface area contributed by atoms with Crippen molar-refractivity contribution in [3.63, 3.8) is 0 Å². The van der Waals surface area contributed by atoms with Crippen LogP contribution in [0, 0.1) is 5.92 Å². The third-order valence-corrected chi connectivity index (χ3v) is 3.34. The van der Waals surface area contributed by atoms with E-state index in [1.165, 1.54) is 24.3 Å². The molecule has 0 radical (unpaired) electrons. The minimum absolute atomic E-state index is 0.0207. The Morgan fingerprint density at radius 3 is 2.10 bits per heavy atom. The van der Waals surface area contributed by atoms with E-state index in [-0.39, 0.29) is 5.56 Å². The van der Waals surface area contributed by atoms with E-state index in [0.29, 0.717) is 4.47 Å². The van der Waals surface area contributed by atoms with E-state index < -0.39 is 30.1 Å². The highest BCUT2D eigenvalue weighted by Crippen LogP contribution is 2.34. The zero-order chi connectivity index (χ0) is 15.5. The molecule has 0 saturated heterocycles. The first-order valence-corrected chi connectivity index (χ1v) is 6.73. The zero-order valence-corrected chi connectivity index (χ0v) is 12.5. The molecule has 0 unspecified atom stereocenters. The molecule has 1 rings (SSSR count). The SMILES string of the molecule is CC(C)[C@H](N[C@H](c1ccc(Br)cc1)C(F)(F)F)C(=O)O. The Bertz CT molecular complexity index is 460. The van der Waals surface area contributed by atoms with Crippen molar-refractivity contribution in [3.8, 4) is 0 Å². The second-order valence-corrected chi connectivity index (χ2v) is 5.67. The maximum absolute atomic E-state index is 13.1. The number of carboxylic acid groups (broad SMARTS) is 1. The Morgan fingerprint density at radius 2 is 1.75 bits per heavy atom. The van der Waals surface area contributed by atoms with Gasteiger partial charge in [0, 0.05) is 4.47 Å². The van der Waals surface area contributed by atoms with E-state index >= 15 is 0 Å². The first kappa shape index (κ1) is 17.0. The molecule has 0 amide bonds. The molecule has 0 aliphatic heterocycles. The molecule has 7 heteroatoms. The lowest BCUT2D eigenvalue weighted by atomic mass is 10.00. The van der Waals surface area contributed by atoms with Crippen LogP contribution in [0.3, 0.4) is 0 Å². The Hall–Kier alpha value is -1.08. The number of carboxylic acids is 1. The van der Waals surface area contributed by atoms with Crippen molar-refractivity contribution >= 4 is 21.9 Å². The average molecular weight is 354 g/mol. The fourth-order valence-electron chi connectivity index (χ4n) is 1.76. The third kappa shape index (κ3) is 4.49. The van der Waals surface area contributed by atoms with Gasteiger partial charge >= 0.3 is 12.1 Å². The Kier molecular flexibility index (Phi) is 5.59. The molecule has 112 valence electrons. The van der Waals surface area contributed by atoms with Crippen molar-refractivity contribution in [2.24, 2.45) is 5.92 Å². The van der Waals surface area contributed by atoms with Crippen molar-refractivity contribution < 1.29 is 23.1 Å². The Labute approximate surface area is 123 Å². The first-order chi connectivity index (χ1) is 9.12. The third-order valence-electron chi connectivity index (χ3n) is 2.81. The van der Waals surface area contributed by atoms with Gasteiger partial charge in [-0.05, 0) is 23.6 Å². The number of rotatable bonds is 5. The summed E-state index contributed by atoms with van der Waals surface area (Å²) in [5, 5.41) is 11.2. The van der Waals surface area contributed by atoms with Crippen molar-refractivity contribution in [1.82, 2.24) is 5.32 Å². The van der Waals surface area contributed by atoms with Crippen LogP contribution in [0.2, 0.25) is 0 Å². The van der Waals surface area contributed by atoms with Gasteiger partial charge in [-0.3, -0.25) is 10.1 Å². The molecule has 0 aliphatic rings. The Morgan fingerprint density at radius 1 is 1.25 bits per heavy atom. The number of aliphatic carboxylic acids is 1. The maximum Gasteiger partial charge on any atom is 0.407 e. The second kappa shape index (κ2) is 6.58. The average Bonchev–Trinajstić information content (AvgIpc) is 2.29. The van der Waals surface area contributed by atoms with E-state index in [1.807, 2.05) is 0 Å². The molecular weight excluding hydrogens is 339 g/mol. The number of carbonyl (C=O) groups is 1. The van der Waals surface area contributed by atoms with Crippen LogP contribution in [0.4, 0.5) is 13.2 Å². The van der Waals surface area contributed by atoms with Gasteiger partial charge in [0.2, 0.25) is 0 Å². The number of alkyl halides is 3. The summed E-state index contributed by atoms with van der Waals surface area (Å²) in [7, 11) is 0. The van der Waals surface area contributed by atoms with Gasteiger partial charge in [-0.1, -0.05) is 41.9 Å². The molecule has 2 N–H and O–H groups in total. The molecule has 0 spiro atoms. The highest BCUT2D eigenvalue weighted by Gasteiger charge is 2.43. The van der Waals surface area contributed by atoms with E-state index in [1.54, 1.807) is 13.8 Å². The first-order valence-electron chi connectivity index (χ1n) is 5.94. The zero-order valence-electron chi connectivity index (χ0n) is 10.9. The quantitative estimate of drug-likeness (QED) is 0.847. The van der Waals surface area contributed by atoms with Crippen LogP contribution in [-0.2, 0) is 4.79 Å². The minimum atomic E-state index is -4.57. The molecule has 3 nitrogen and oxygen atoms in total. The van der Waals surface area contributed by atoms with Crippen LogP contribution in [0.5, 0.6) is 0 Å². The molecule has 1 aromatic carbocycles. The fraction of sp³-hybridized carbons (Fsp3) is 0.462. The van der Waals surface area contributed by atoms with Gasteiger partial charge in [0.15, 0.2) is 0 Å². The number of nitrogens with one attached hydrogen (secondary N) is 1. The largest absolute Gasteiger partial charge is 0.480 e. The fourth-order valence-corrected chi connectivity index (χ4v) is 2.03. The molecule has 0 aromatic heterocycles. The molecule has 0 heterocycles. The van der Waals surface area contributed by atoms with Crippen LogP contribution in [0.25, 0.3) is 0 Å². The van der Waals surface area contributed by atoms with E-state index in [4.69, 9.17) is 5.11 Å². The van der Waals surface area contributed by atoms with Gasteiger partial charge in [-0.25, -0.2) is 0 Å². The summed E-state index contributed by atoms with van der Waals surface area (Å²) >= 11 is 3.15. The second-order valence-electron chi connectivity index (χ2n) is 4.75. The molecule has 0 saturated carbocycles. The summed E-state index contributed by atoms with van der Waals surface area (Å²) in [6.45, 7) is 3.11. The van der Waals surface area contributed by atoms with E-state index in [2.05, 4.69) is 21.2 Å². The topological polar surface area (TPSA) is 49.3 Å². The highest BCUT2D eigenvalue weighted by molar-refractivity contribution is 9.10. The van der Waals surface area contributed by atoms with E-state index in [9.17, 15) is 18.0 Å². The van der Waals surface area contributed by atoms with Gasteiger partial charge in [0.05, 0.1) is 0 Å². The molecule has 0 fully saturated rings. The summed E-state index contributed by atoms with van der Waals surface area (Å²) in [5.74, 6) is -1.76. The summed E-state index contributed by atoms with van der Waals surface area (Å²) in [4.78, 5) is 11.1. The molecule has 1 aromatic rings. The standard InChI is InChI=1S/C13H15BrF3NO2/c1-7(2)10(12(19)20)18-11(13(15,16)17)8-3-5-9(14)6-4-8/h3-7,10-11,18H,1-2H3,(H,19,20)/t10-,11+/m0/s1. The molecule has 0 aliphatic carbocycles. The molecule has 20 heavy (non-hydrogen) atoms. The van der Waals surface area contributed by atoms with Crippen molar-refractivity contribution in [2.45, 2.75) is 32.1 Å². The summed E-state index contributed by atoms with van der Waals surface area (Å²) in [6, 6.07) is 2.31. The molecular formula is C13H15BrF3NO2. The minimum Gasteiger partial charge on any atom is -0.480 e. The van der Waals surface area contributed by atoms with E-state index in [0.717, 1.165) is 0 Å². The summed E-state index contributed by atoms with van der Waals surface area (Å²) in [5.41, 5.74) is -0.0207. The monoisotopic (exact) mass is 353 g/mol. The van der Waals surface area contributed by atoms with Crippen LogP contribution in [0.1, 0.15) is 25.5 Å². The molecule has 2 atom stereocenters. The maximum atomic E-state index is 13.1. The number of hydrogen-bond donors (Lipinski definition) is 2. The smallest absolute Gasteiger partial charge is 0.407 e. The predicted molar refractivity (Wildman–Crippen MR) is 72.3 cm³/mol. The number of hydrogen-bond acceptors (Lipinski definition) is 2. The lowest BCUT2D eigenvalue weighted by molar-refractivity contribution is -0.164. The van der Waals surface area contributed by atoms with Gasteiger partial charge in [0.1, 0.15) is 12.1 Å². The lowest BCUT2D eigenvalue weighted by Crippen LogP contribution is -2.47. The van der Waals surface area contributed by atoms with Gasteiger partial charge in [-0.2, -0.15) is 13.2 Å². The van der Waals surface area contributed by atoms with Crippen LogP contribution >= 0.6 is 15.9 Å². The normalized spacial score (nSPS) is 15.2. The van der Waals surface area contributed by atoms with Crippen molar-refractivity contribution in [1.29, 1.82) is 0 Å². The summed E-state index contributed by atoms with van der Waals surface area (Å²) in [6.07, 6.45) is -4.57. The number of benzene rings is 1. The predicted octanol–water partition coefficient (Wildman–Crippen LogP) is 3.75. The highest BCUT2D eigenvalue weighted by atomic mass is 79.9.